The highest BCUT2D eigenvalue weighted by Crippen LogP contribution is 2.08. The van der Waals surface area contributed by atoms with Crippen molar-refractivity contribution in [3.05, 3.63) is 11.6 Å². The lowest BCUT2D eigenvalue weighted by Gasteiger charge is -2.22. The number of thioether (sulfide) groups is 1. The molecular formula is C11H21NO3S. The highest BCUT2D eigenvalue weighted by atomic mass is 32.2. The van der Waals surface area contributed by atoms with Crippen LogP contribution in [0.3, 0.4) is 0 Å². The third-order valence-corrected chi connectivity index (χ3v) is 3.02. The number of aliphatic carboxylic acids is 1. The molecule has 0 aromatic heterocycles. The molecule has 0 spiro atoms. The minimum atomic E-state index is -0.875. The van der Waals surface area contributed by atoms with Gasteiger partial charge in [-0.25, -0.2) is 4.79 Å². The van der Waals surface area contributed by atoms with Gasteiger partial charge in [0.15, 0.2) is 0 Å². The van der Waals surface area contributed by atoms with Gasteiger partial charge in [-0.1, -0.05) is 13.0 Å². The Hall–Kier alpha value is -0.520. The number of nitrogens with one attached hydrogen (secondary N) is 1. The number of carboxylic acids is 1. The number of carboxylic acid groups (broad SMARTS) is 1. The number of carbonyl (C=O) groups is 1. The van der Waals surface area contributed by atoms with E-state index in [-0.39, 0.29) is 0 Å². The van der Waals surface area contributed by atoms with Crippen molar-refractivity contribution >= 4 is 17.7 Å². The van der Waals surface area contributed by atoms with Crippen LogP contribution in [0.4, 0.5) is 0 Å². The summed E-state index contributed by atoms with van der Waals surface area (Å²) < 4.78 is 0. The first-order valence-electron chi connectivity index (χ1n) is 5.27. The van der Waals surface area contributed by atoms with Crippen molar-refractivity contribution in [1.29, 1.82) is 0 Å². The molecule has 1 atom stereocenters. The van der Waals surface area contributed by atoms with Crippen LogP contribution in [-0.4, -0.2) is 46.9 Å². The van der Waals surface area contributed by atoms with Gasteiger partial charge in [0.05, 0.1) is 5.60 Å². The molecule has 0 aliphatic heterocycles. The summed E-state index contributed by atoms with van der Waals surface area (Å²) in [5, 5.41) is 21.6. The lowest BCUT2D eigenvalue weighted by molar-refractivity contribution is -0.132. The normalized spacial score (nSPS) is 15.9. The third kappa shape index (κ3) is 6.87. The van der Waals surface area contributed by atoms with Gasteiger partial charge in [0.1, 0.15) is 0 Å². The monoisotopic (exact) mass is 247 g/mol. The molecule has 4 nitrogen and oxygen atoms in total. The summed E-state index contributed by atoms with van der Waals surface area (Å²) >= 11 is 1.58. The van der Waals surface area contributed by atoms with E-state index in [1.54, 1.807) is 24.8 Å². The predicted octanol–water partition coefficient (Wildman–Crippen LogP) is 1.11. The van der Waals surface area contributed by atoms with Crippen LogP contribution in [0, 0.1) is 0 Å². The van der Waals surface area contributed by atoms with Gasteiger partial charge in [-0.05, 0) is 19.6 Å². The molecule has 0 saturated carbocycles. The van der Waals surface area contributed by atoms with E-state index in [0.29, 0.717) is 30.8 Å². The van der Waals surface area contributed by atoms with Crippen molar-refractivity contribution in [2.24, 2.45) is 0 Å². The quantitative estimate of drug-likeness (QED) is 0.443. The summed E-state index contributed by atoms with van der Waals surface area (Å²) in [5.41, 5.74) is -0.347. The molecule has 0 rings (SSSR count). The molecule has 0 radical (unpaired) electrons. The summed E-state index contributed by atoms with van der Waals surface area (Å²) in [5.74, 6) is -0.219. The molecule has 0 heterocycles. The average Bonchev–Trinajstić information content (AvgIpc) is 2.17. The summed E-state index contributed by atoms with van der Waals surface area (Å²) in [4.78, 5) is 10.7. The Balaban J connectivity index is 3.94. The SMILES string of the molecule is CCC(=CCNCC(C)(O)CSC)C(=O)O. The fraction of sp³-hybridized carbons (Fsp3) is 0.727. The topological polar surface area (TPSA) is 69.6 Å². The first-order valence-corrected chi connectivity index (χ1v) is 6.66. The molecule has 1 unspecified atom stereocenters. The van der Waals surface area contributed by atoms with Crippen molar-refractivity contribution in [2.75, 3.05) is 25.1 Å². The largest absolute Gasteiger partial charge is 0.478 e. The van der Waals surface area contributed by atoms with Gasteiger partial charge in [0.2, 0.25) is 0 Å². The van der Waals surface area contributed by atoms with E-state index >= 15 is 0 Å². The maximum Gasteiger partial charge on any atom is 0.331 e. The van der Waals surface area contributed by atoms with Gasteiger partial charge in [-0.3, -0.25) is 0 Å². The van der Waals surface area contributed by atoms with Crippen LogP contribution in [0.25, 0.3) is 0 Å². The zero-order valence-corrected chi connectivity index (χ0v) is 10.9. The van der Waals surface area contributed by atoms with Gasteiger partial charge < -0.3 is 15.5 Å². The van der Waals surface area contributed by atoms with Crippen LogP contribution >= 0.6 is 11.8 Å². The molecule has 0 aliphatic carbocycles. The Kier molecular flexibility index (Phi) is 7.45. The molecule has 5 heteroatoms. The van der Waals surface area contributed by atoms with E-state index < -0.39 is 11.6 Å². The molecule has 94 valence electrons. The van der Waals surface area contributed by atoms with Gasteiger partial charge in [-0.2, -0.15) is 11.8 Å². The molecule has 16 heavy (non-hydrogen) atoms. The van der Waals surface area contributed by atoms with Gasteiger partial charge in [0.25, 0.3) is 0 Å². The van der Waals surface area contributed by atoms with E-state index in [2.05, 4.69) is 5.32 Å². The molecular weight excluding hydrogens is 226 g/mol. The molecule has 0 amide bonds. The summed E-state index contributed by atoms with van der Waals surface area (Å²) in [6.07, 6.45) is 4.10. The fourth-order valence-electron chi connectivity index (χ4n) is 1.28. The smallest absolute Gasteiger partial charge is 0.331 e. The summed E-state index contributed by atoms with van der Waals surface area (Å²) in [6.45, 7) is 4.50. The lowest BCUT2D eigenvalue weighted by atomic mass is 10.1. The zero-order valence-electron chi connectivity index (χ0n) is 10.1. The fourth-order valence-corrected chi connectivity index (χ4v) is 2.01. The predicted molar refractivity (Wildman–Crippen MR) is 67.9 cm³/mol. The molecule has 0 aromatic rings. The Morgan fingerprint density at radius 3 is 2.62 bits per heavy atom. The Morgan fingerprint density at radius 1 is 1.56 bits per heavy atom. The van der Waals surface area contributed by atoms with E-state index in [1.807, 2.05) is 13.2 Å². The Morgan fingerprint density at radius 2 is 2.19 bits per heavy atom. The van der Waals surface area contributed by atoms with Crippen molar-refractivity contribution in [3.8, 4) is 0 Å². The summed E-state index contributed by atoms with van der Waals surface area (Å²) in [6, 6.07) is 0. The molecule has 0 saturated heterocycles. The molecule has 0 aromatic carbocycles. The van der Waals surface area contributed by atoms with Crippen molar-refractivity contribution in [1.82, 2.24) is 5.32 Å². The second-order valence-electron chi connectivity index (χ2n) is 3.95. The number of hydrogen-bond acceptors (Lipinski definition) is 4. The van der Waals surface area contributed by atoms with Crippen LogP contribution in [-0.2, 0) is 4.79 Å². The standard InChI is InChI=1S/C11H21NO3S/c1-4-9(10(13)14)5-6-12-7-11(2,15)8-16-3/h5,12,15H,4,6-8H2,1-3H3,(H,13,14). The van der Waals surface area contributed by atoms with Crippen molar-refractivity contribution < 1.29 is 15.0 Å². The second-order valence-corrected chi connectivity index (χ2v) is 4.81. The van der Waals surface area contributed by atoms with Crippen LogP contribution in [0.1, 0.15) is 20.3 Å². The van der Waals surface area contributed by atoms with Gasteiger partial charge >= 0.3 is 5.97 Å². The first-order chi connectivity index (χ1) is 7.43. The van der Waals surface area contributed by atoms with Crippen LogP contribution in [0.2, 0.25) is 0 Å². The van der Waals surface area contributed by atoms with Gasteiger partial charge in [0, 0.05) is 24.4 Å². The summed E-state index contributed by atoms with van der Waals surface area (Å²) in [7, 11) is 0. The maximum atomic E-state index is 10.7. The minimum absolute atomic E-state index is 0.400. The molecule has 0 bridgehead atoms. The lowest BCUT2D eigenvalue weighted by Crippen LogP contribution is -2.40. The number of rotatable bonds is 8. The Labute approximate surface area is 101 Å². The van der Waals surface area contributed by atoms with Crippen molar-refractivity contribution in [2.45, 2.75) is 25.9 Å². The minimum Gasteiger partial charge on any atom is -0.478 e. The highest BCUT2D eigenvalue weighted by Gasteiger charge is 2.18. The third-order valence-electron chi connectivity index (χ3n) is 2.11. The van der Waals surface area contributed by atoms with E-state index in [4.69, 9.17) is 5.11 Å². The van der Waals surface area contributed by atoms with Crippen LogP contribution in [0.15, 0.2) is 11.6 Å². The maximum absolute atomic E-state index is 10.7. The van der Waals surface area contributed by atoms with E-state index in [1.165, 1.54) is 0 Å². The van der Waals surface area contributed by atoms with E-state index in [0.717, 1.165) is 0 Å². The Bertz CT molecular complexity index is 252. The molecule has 0 fully saturated rings. The number of hydrogen-bond donors (Lipinski definition) is 3. The van der Waals surface area contributed by atoms with E-state index in [9.17, 15) is 9.90 Å². The first kappa shape index (κ1) is 15.5. The van der Waals surface area contributed by atoms with Crippen LogP contribution < -0.4 is 5.32 Å². The molecule has 3 N–H and O–H groups in total. The zero-order chi connectivity index (χ0) is 12.6. The molecule has 0 aliphatic rings. The van der Waals surface area contributed by atoms with Crippen molar-refractivity contribution in [3.63, 3.8) is 0 Å². The van der Waals surface area contributed by atoms with Gasteiger partial charge in [-0.15, -0.1) is 0 Å². The highest BCUT2D eigenvalue weighted by molar-refractivity contribution is 7.98. The van der Waals surface area contributed by atoms with Crippen LogP contribution in [0.5, 0.6) is 0 Å². The number of aliphatic hydroxyl groups is 1. The average molecular weight is 247 g/mol. The second kappa shape index (κ2) is 7.70.